The summed E-state index contributed by atoms with van der Waals surface area (Å²) >= 11 is 0. The molecule has 0 atom stereocenters. The van der Waals surface area contributed by atoms with Crippen LogP contribution in [0.25, 0.3) is 0 Å². The maximum atomic E-state index is 12.3. The zero-order chi connectivity index (χ0) is 16.6. The van der Waals surface area contributed by atoms with Crippen molar-refractivity contribution in [3.8, 4) is 5.88 Å². The maximum absolute atomic E-state index is 12.3. The minimum absolute atomic E-state index is 0.0118. The van der Waals surface area contributed by atoms with Crippen molar-refractivity contribution in [2.75, 3.05) is 0 Å². The molecule has 0 unspecified atom stereocenters. The minimum atomic E-state index is -0.547. The van der Waals surface area contributed by atoms with Gasteiger partial charge in [0.2, 0.25) is 11.8 Å². The second kappa shape index (κ2) is 5.91. The summed E-state index contributed by atoms with van der Waals surface area (Å²) in [7, 11) is 0. The SMILES string of the molecule is CC(=O)NC1=NC(=O)c2c(OC(C)=O)nc3c(c21)CCCCC3. The number of fused-ring (bicyclic) bond motifs is 3. The summed E-state index contributed by atoms with van der Waals surface area (Å²) in [5.41, 5.74) is 2.47. The summed E-state index contributed by atoms with van der Waals surface area (Å²) < 4.78 is 5.13. The zero-order valence-corrected chi connectivity index (χ0v) is 13.1. The molecule has 0 radical (unpaired) electrons. The predicted octanol–water partition coefficient (Wildman–Crippen LogP) is 1.31. The number of carbonyl (C=O) groups excluding carboxylic acids is 3. The van der Waals surface area contributed by atoms with E-state index in [-0.39, 0.29) is 23.2 Å². The van der Waals surface area contributed by atoms with E-state index in [4.69, 9.17) is 4.74 Å². The van der Waals surface area contributed by atoms with Crippen LogP contribution in [0.4, 0.5) is 0 Å². The first-order valence-corrected chi connectivity index (χ1v) is 7.62. The van der Waals surface area contributed by atoms with Crippen LogP contribution >= 0.6 is 0 Å². The number of amidine groups is 1. The highest BCUT2D eigenvalue weighted by molar-refractivity contribution is 6.25. The molecule has 2 aliphatic rings. The fourth-order valence-corrected chi connectivity index (χ4v) is 3.04. The van der Waals surface area contributed by atoms with E-state index in [9.17, 15) is 14.4 Å². The number of ether oxygens (including phenoxy) is 1. The van der Waals surface area contributed by atoms with E-state index in [0.29, 0.717) is 5.56 Å². The number of aryl methyl sites for hydroxylation is 1. The van der Waals surface area contributed by atoms with Crippen LogP contribution in [0, 0.1) is 0 Å². The predicted molar refractivity (Wildman–Crippen MR) is 81.5 cm³/mol. The summed E-state index contributed by atoms with van der Waals surface area (Å²) in [5, 5.41) is 2.60. The van der Waals surface area contributed by atoms with Gasteiger partial charge in [0.15, 0.2) is 0 Å². The lowest BCUT2D eigenvalue weighted by Gasteiger charge is -2.15. The first-order valence-electron chi connectivity index (χ1n) is 7.62. The highest BCUT2D eigenvalue weighted by Crippen LogP contribution is 2.34. The Morgan fingerprint density at radius 2 is 1.83 bits per heavy atom. The summed E-state index contributed by atoms with van der Waals surface area (Å²) in [4.78, 5) is 43.3. The zero-order valence-electron chi connectivity index (χ0n) is 13.1. The quantitative estimate of drug-likeness (QED) is 0.622. The van der Waals surface area contributed by atoms with E-state index < -0.39 is 11.9 Å². The highest BCUT2D eigenvalue weighted by atomic mass is 16.5. The Morgan fingerprint density at radius 3 is 2.52 bits per heavy atom. The van der Waals surface area contributed by atoms with Gasteiger partial charge in [0, 0.05) is 25.1 Å². The van der Waals surface area contributed by atoms with E-state index >= 15 is 0 Å². The van der Waals surface area contributed by atoms with Crippen molar-refractivity contribution in [1.29, 1.82) is 0 Å². The van der Waals surface area contributed by atoms with Gasteiger partial charge in [-0.15, -0.1) is 0 Å². The molecule has 1 N–H and O–H groups in total. The summed E-state index contributed by atoms with van der Waals surface area (Å²) in [6.45, 7) is 2.62. The normalized spacial score (nSPS) is 16.1. The van der Waals surface area contributed by atoms with Crippen LogP contribution in [0.15, 0.2) is 4.99 Å². The van der Waals surface area contributed by atoms with Crippen molar-refractivity contribution < 1.29 is 19.1 Å². The Labute approximate surface area is 133 Å². The van der Waals surface area contributed by atoms with Gasteiger partial charge in [0.05, 0.1) is 0 Å². The largest absolute Gasteiger partial charge is 0.407 e. The van der Waals surface area contributed by atoms with Crippen LogP contribution in [-0.2, 0) is 22.4 Å². The molecule has 0 saturated carbocycles. The third-order valence-corrected chi connectivity index (χ3v) is 3.89. The number of nitrogens with zero attached hydrogens (tertiary/aromatic N) is 2. The van der Waals surface area contributed by atoms with E-state index in [1.165, 1.54) is 13.8 Å². The minimum Gasteiger partial charge on any atom is -0.407 e. The molecule has 0 fully saturated rings. The van der Waals surface area contributed by atoms with Crippen LogP contribution in [0.1, 0.15) is 60.3 Å². The van der Waals surface area contributed by atoms with Crippen LogP contribution in [0.3, 0.4) is 0 Å². The number of hydrogen-bond acceptors (Lipinski definition) is 5. The van der Waals surface area contributed by atoms with Crippen molar-refractivity contribution in [3.05, 3.63) is 22.4 Å². The Balaban J connectivity index is 2.21. The highest BCUT2D eigenvalue weighted by Gasteiger charge is 2.34. The molecule has 2 amide bonds. The second-order valence-corrected chi connectivity index (χ2v) is 5.69. The number of hydrogen-bond donors (Lipinski definition) is 1. The smallest absolute Gasteiger partial charge is 0.309 e. The molecule has 1 aliphatic carbocycles. The van der Waals surface area contributed by atoms with Crippen molar-refractivity contribution in [2.45, 2.75) is 46.0 Å². The summed E-state index contributed by atoms with van der Waals surface area (Å²) in [6.07, 6.45) is 4.54. The van der Waals surface area contributed by atoms with Crippen molar-refractivity contribution in [1.82, 2.24) is 10.3 Å². The first kappa shape index (κ1) is 15.3. The average Bonchev–Trinajstić information content (AvgIpc) is 2.64. The topological polar surface area (TPSA) is 97.7 Å². The average molecular weight is 315 g/mol. The molecule has 3 rings (SSSR count). The van der Waals surface area contributed by atoms with Crippen LogP contribution < -0.4 is 10.1 Å². The fourth-order valence-electron chi connectivity index (χ4n) is 3.04. The third kappa shape index (κ3) is 2.86. The van der Waals surface area contributed by atoms with Gasteiger partial charge in [-0.05, 0) is 31.2 Å². The molecule has 7 heteroatoms. The fraction of sp³-hybridized carbons (Fsp3) is 0.438. The molecule has 0 bridgehead atoms. The molecule has 0 saturated heterocycles. The second-order valence-electron chi connectivity index (χ2n) is 5.69. The Kier molecular flexibility index (Phi) is 3.94. The molecule has 1 aromatic heterocycles. The van der Waals surface area contributed by atoms with Crippen LogP contribution in [0.2, 0.25) is 0 Å². The standard InChI is InChI=1S/C16H17N3O4/c1-8(20)17-14-12-10-6-4-3-5-7-11(10)18-16(23-9(2)21)13(12)15(22)19-14/h3-7H2,1-2H3,(H,17,19,20,22). The van der Waals surface area contributed by atoms with E-state index in [0.717, 1.165) is 43.4 Å². The summed E-state index contributed by atoms with van der Waals surface area (Å²) in [6, 6.07) is 0. The lowest BCUT2D eigenvalue weighted by Crippen LogP contribution is -2.29. The Hall–Kier alpha value is -2.57. The monoisotopic (exact) mass is 315 g/mol. The first-order chi connectivity index (χ1) is 11.0. The Bertz CT molecular complexity index is 752. The number of aromatic nitrogens is 1. The van der Waals surface area contributed by atoms with Gasteiger partial charge in [0.1, 0.15) is 11.4 Å². The number of carbonyl (C=O) groups is 3. The molecule has 0 spiro atoms. The number of pyridine rings is 1. The third-order valence-electron chi connectivity index (χ3n) is 3.89. The molecule has 23 heavy (non-hydrogen) atoms. The number of esters is 1. The van der Waals surface area contributed by atoms with Gasteiger partial charge in [-0.3, -0.25) is 14.4 Å². The molecule has 1 aromatic rings. The van der Waals surface area contributed by atoms with Gasteiger partial charge in [0.25, 0.3) is 5.91 Å². The van der Waals surface area contributed by atoms with E-state index in [1.54, 1.807) is 0 Å². The van der Waals surface area contributed by atoms with E-state index in [1.807, 2.05) is 0 Å². The van der Waals surface area contributed by atoms with Gasteiger partial charge >= 0.3 is 5.97 Å². The maximum Gasteiger partial charge on any atom is 0.309 e. The van der Waals surface area contributed by atoms with Gasteiger partial charge in [-0.1, -0.05) is 6.42 Å². The molecule has 120 valence electrons. The molecule has 2 heterocycles. The molecule has 0 aromatic carbocycles. The summed E-state index contributed by atoms with van der Waals surface area (Å²) in [5.74, 6) is -1.18. The van der Waals surface area contributed by atoms with Crippen LogP contribution in [-0.4, -0.2) is 28.6 Å². The van der Waals surface area contributed by atoms with Crippen molar-refractivity contribution >= 4 is 23.6 Å². The number of aliphatic imine (C=N–C) groups is 1. The lowest BCUT2D eigenvalue weighted by molar-refractivity contribution is -0.132. The number of amides is 2. The van der Waals surface area contributed by atoms with Crippen LogP contribution in [0.5, 0.6) is 5.88 Å². The number of nitrogens with one attached hydrogen (secondary N) is 1. The van der Waals surface area contributed by atoms with Gasteiger partial charge < -0.3 is 10.1 Å². The van der Waals surface area contributed by atoms with Gasteiger partial charge in [-0.25, -0.2) is 4.98 Å². The van der Waals surface area contributed by atoms with Crippen molar-refractivity contribution in [2.24, 2.45) is 4.99 Å². The molecule has 1 aliphatic heterocycles. The van der Waals surface area contributed by atoms with Crippen molar-refractivity contribution in [3.63, 3.8) is 0 Å². The molecular formula is C16H17N3O4. The number of rotatable bonds is 1. The lowest BCUT2D eigenvalue weighted by atomic mass is 9.97. The molecule has 7 nitrogen and oxygen atoms in total. The van der Waals surface area contributed by atoms with Gasteiger partial charge in [-0.2, -0.15) is 4.99 Å². The van der Waals surface area contributed by atoms with E-state index in [2.05, 4.69) is 15.3 Å². The molecular weight excluding hydrogens is 298 g/mol. The Morgan fingerprint density at radius 1 is 1.09 bits per heavy atom.